The van der Waals surface area contributed by atoms with Gasteiger partial charge in [0.15, 0.2) is 5.96 Å². The Balaban J connectivity index is 0.00000324. The highest BCUT2D eigenvalue weighted by Crippen LogP contribution is 2.20. The Kier molecular flexibility index (Phi) is 10.7. The Morgan fingerprint density at radius 1 is 0.971 bits per heavy atom. The first-order chi connectivity index (χ1) is 16.2. The molecule has 34 heavy (non-hydrogen) atoms. The van der Waals surface area contributed by atoms with E-state index in [1.54, 1.807) is 0 Å². The monoisotopic (exact) mass is 577 g/mol. The van der Waals surface area contributed by atoms with Gasteiger partial charge in [0, 0.05) is 51.2 Å². The quantitative estimate of drug-likeness (QED) is 0.299. The summed E-state index contributed by atoms with van der Waals surface area (Å²) in [5, 5.41) is 7.08. The van der Waals surface area contributed by atoms with Crippen LogP contribution in [-0.4, -0.2) is 54.7 Å². The summed E-state index contributed by atoms with van der Waals surface area (Å²) in [6.07, 6.45) is 11.2. The third kappa shape index (κ3) is 7.71. The Morgan fingerprint density at radius 2 is 1.71 bits per heavy atom. The van der Waals surface area contributed by atoms with E-state index in [2.05, 4.69) is 68.5 Å². The first-order valence-corrected chi connectivity index (χ1v) is 12.6. The molecule has 0 amide bonds. The molecule has 2 saturated heterocycles. The minimum Gasteiger partial charge on any atom is -0.357 e. The summed E-state index contributed by atoms with van der Waals surface area (Å²) in [7, 11) is 0. The topological polar surface area (TPSA) is 68.7 Å². The van der Waals surface area contributed by atoms with Crippen LogP contribution >= 0.6 is 24.0 Å². The Hall–Kier alpha value is -2.10. The molecule has 2 aliphatic rings. The molecule has 0 unspecified atom stereocenters. The van der Waals surface area contributed by atoms with Crippen molar-refractivity contribution < 1.29 is 0 Å². The SMILES string of the molecule is CCNC(=NCc1ccnc(N2CCCCCC2)c1)NC1CCN(c2ccc(C)cn2)CC1.I. The maximum Gasteiger partial charge on any atom is 0.191 e. The van der Waals surface area contributed by atoms with Gasteiger partial charge in [0.05, 0.1) is 6.54 Å². The van der Waals surface area contributed by atoms with Crippen LogP contribution in [0.1, 0.15) is 56.6 Å². The third-order valence-electron chi connectivity index (χ3n) is 6.56. The van der Waals surface area contributed by atoms with Gasteiger partial charge in [-0.05, 0) is 68.9 Å². The van der Waals surface area contributed by atoms with Crippen LogP contribution in [0.2, 0.25) is 0 Å². The van der Waals surface area contributed by atoms with Crippen LogP contribution in [0.3, 0.4) is 0 Å². The van der Waals surface area contributed by atoms with E-state index in [-0.39, 0.29) is 24.0 Å². The fourth-order valence-electron chi connectivity index (χ4n) is 4.62. The summed E-state index contributed by atoms with van der Waals surface area (Å²) < 4.78 is 0. The lowest BCUT2D eigenvalue weighted by Gasteiger charge is -2.33. The molecule has 2 aromatic heterocycles. The second-order valence-corrected chi connectivity index (χ2v) is 9.22. The Morgan fingerprint density at radius 3 is 2.38 bits per heavy atom. The van der Waals surface area contributed by atoms with Crippen LogP contribution in [0, 0.1) is 6.92 Å². The van der Waals surface area contributed by atoms with E-state index in [1.807, 2.05) is 12.4 Å². The first-order valence-electron chi connectivity index (χ1n) is 12.6. The molecular weight excluding hydrogens is 537 g/mol. The lowest BCUT2D eigenvalue weighted by molar-refractivity contribution is 0.459. The summed E-state index contributed by atoms with van der Waals surface area (Å²) in [6.45, 7) is 9.95. The van der Waals surface area contributed by atoms with Crippen molar-refractivity contribution in [1.29, 1.82) is 0 Å². The van der Waals surface area contributed by atoms with Crippen molar-refractivity contribution in [1.82, 2.24) is 20.6 Å². The van der Waals surface area contributed by atoms with E-state index in [9.17, 15) is 0 Å². The highest BCUT2D eigenvalue weighted by Gasteiger charge is 2.21. The maximum absolute atomic E-state index is 4.89. The zero-order valence-electron chi connectivity index (χ0n) is 20.7. The van der Waals surface area contributed by atoms with Crippen molar-refractivity contribution in [3.63, 3.8) is 0 Å². The normalized spacial score (nSPS) is 17.6. The number of guanidine groups is 1. The summed E-state index contributed by atoms with van der Waals surface area (Å²) >= 11 is 0. The molecule has 0 atom stereocenters. The number of hydrogen-bond donors (Lipinski definition) is 2. The predicted octanol–water partition coefficient (Wildman–Crippen LogP) is 4.51. The van der Waals surface area contributed by atoms with Crippen molar-refractivity contribution in [3.05, 3.63) is 47.8 Å². The Bertz CT molecular complexity index is 886. The number of aryl methyl sites for hydroxylation is 1. The van der Waals surface area contributed by atoms with Crippen LogP contribution in [-0.2, 0) is 6.54 Å². The van der Waals surface area contributed by atoms with Crippen molar-refractivity contribution in [3.8, 4) is 0 Å². The van der Waals surface area contributed by atoms with Gasteiger partial charge in [0.25, 0.3) is 0 Å². The van der Waals surface area contributed by atoms with Crippen LogP contribution in [0.15, 0.2) is 41.7 Å². The lowest BCUT2D eigenvalue weighted by atomic mass is 10.1. The van der Waals surface area contributed by atoms with Gasteiger partial charge < -0.3 is 20.4 Å². The average Bonchev–Trinajstić information content (AvgIpc) is 3.14. The van der Waals surface area contributed by atoms with Gasteiger partial charge in [-0.3, -0.25) is 0 Å². The third-order valence-corrected chi connectivity index (χ3v) is 6.56. The zero-order chi connectivity index (χ0) is 22.9. The minimum absolute atomic E-state index is 0. The van der Waals surface area contributed by atoms with Crippen LogP contribution in [0.5, 0.6) is 0 Å². The van der Waals surface area contributed by atoms with Crippen molar-refractivity contribution >= 4 is 41.6 Å². The summed E-state index contributed by atoms with van der Waals surface area (Å²) in [6, 6.07) is 8.99. The number of anilines is 2. The molecule has 0 spiro atoms. The highest BCUT2D eigenvalue weighted by molar-refractivity contribution is 14.0. The minimum atomic E-state index is 0. The number of aromatic nitrogens is 2. The molecule has 4 heterocycles. The molecule has 2 fully saturated rings. The molecule has 8 heteroatoms. The standard InChI is InChI=1S/C26H39N7.HI/c1-3-27-26(31-23-11-16-33(17-12-23)24-9-8-21(2)19-29-24)30-20-22-10-13-28-25(18-22)32-14-6-4-5-7-15-32;/h8-10,13,18-19,23H,3-7,11-12,14-17,20H2,1-2H3,(H2,27,30,31);1H. The molecule has 0 bridgehead atoms. The first kappa shape index (κ1) is 26.5. The number of nitrogens with zero attached hydrogens (tertiary/aromatic N) is 5. The van der Waals surface area contributed by atoms with Crippen molar-refractivity contribution in [2.75, 3.05) is 42.5 Å². The summed E-state index contributed by atoms with van der Waals surface area (Å²) in [5.41, 5.74) is 2.41. The van der Waals surface area contributed by atoms with Crippen LogP contribution < -0.4 is 20.4 Å². The molecule has 7 nitrogen and oxygen atoms in total. The van der Waals surface area contributed by atoms with Gasteiger partial charge in [-0.2, -0.15) is 0 Å². The van der Waals surface area contributed by atoms with Crippen molar-refractivity contribution in [2.24, 2.45) is 4.99 Å². The maximum atomic E-state index is 4.89. The van der Waals surface area contributed by atoms with Gasteiger partial charge in [-0.15, -0.1) is 24.0 Å². The fraction of sp³-hybridized carbons (Fsp3) is 0.577. The molecule has 0 aromatic carbocycles. The van der Waals surface area contributed by atoms with E-state index in [0.717, 1.165) is 63.2 Å². The summed E-state index contributed by atoms with van der Waals surface area (Å²) in [5.74, 6) is 3.08. The van der Waals surface area contributed by atoms with E-state index in [0.29, 0.717) is 12.6 Å². The van der Waals surface area contributed by atoms with Crippen LogP contribution in [0.4, 0.5) is 11.6 Å². The summed E-state index contributed by atoms with van der Waals surface area (Å²) in [4.78, 5) is 18.9. The number of piperidine rings is 1. The largest absolute Gasteiger partial charge is 0.357 e. The zero-order valence-corrected chi connectivity index (χ0v) is 23.0. The molecule has 4 rings (SSSR count). The van der Waals surface area contributed by atoms with E-state index in [1.165, 1.54) is 36.8 Å². The van der Waals surface area contributed by atoms with E-state index in [4.69, 9.17) is 4.99 Å². The molecule has 0 saturated carbocycles. The van der Waals surface area contributed by atoms with Crippen LogP contribution in [0.25, 0.3) is 0 Å². The molecule has 186 valence electrons. The van der Waals surface area contributed by atoms with E-state index >= 15 is 0 Å². The Labute approximate surface area is 221 Å². The number of aliphatic imine (C=N–C) groups is 1. The van der Waals surface area contributed by atoms with E-state index < -0.39 is 0 Å². The second-order valence-electron chi connectivity index (χ2n) is 9.22. The van der Waals surface area contributed by atoms with Crippen molar-refractivity contribution in [2.45, 2.75) is 65.0 Å². The molecule has 2 N–H and O–H groups in total. The van der Waals surface area contributed by atoms with Gasteiger partial charge in [-0.1, -0.05) is 18.9 Å². The smallest absolute Gasteiger partial charge is 0.191 e. The number of pyridine rings is 2. The average molecular weight is 578 g/mol. The molecular formula is C26H40IN7. The second kappa shape index (κ2) is 13.7. The number of halogens is 1. The number of hydrogen-bond acceptors (Lipinski definition) is 5. The molecule has 2 aromatic rings. The number of rotatable bonds is 6. The van der Waals surface area contributed by atoms with Gasteiger partial charge in [0.2, 0.25) is 0 Å². The highest BCUT2D eigenvalue weighted by atomic mass is 127. The molecule has 0 aliphatic carbocycles. The molecule has 0 radical (unpaired) electrons. The van der Waals surface area contributed by atoms with Gasteiger partial charge in [-0.25, -0.2) is 15.0 Å². The predicted molar refractivity (Wildman–Crippen MR) is 152 cm³/mol. The lowest BCUT2D eigenvalue weighted by Crippen LogP contribution is -2.48. The number of nitrogens with one attached hydrogen (secondary N) is 2. The molecule has 2 aliphatic heterocycles. The fourth-order valence-corrected chi connectivity index (χ4v) is 4.62. The van der Waals surface area contributed by atoms with Gasteiger partial charge >= 0.3 is 0 Å². The van der Waals surface area contributed by atoms with Gasteiger partial charge in [0.1, 0.15) is 11.6 Å².